The Hall–Kier alpha value is -2.24. The maximum absolute atomic E-state index is 12.1. The molecule has 0 saturated carbocycles. The summed E-state index contributed by atoms with van der Waals surface area (Å²) in [6.07, 6.45) is 0.611. The number of carbonyl (C=O) groups is 2. The van der Waals surface area contributed by atoms with Crippen molar-refractivity contribution in [2.24, 2.45) is 0 Å². The molecule has 2 rings (SSSR count). The number of rotatable bonds is 8. The van der Waals surface area contributed by atoms with Gasteiger partial charge < -0.3 is 14.2 Å². The van der Waals surface area contributed by atoms with Crippen LogP contribution in [0, 0.1) is 13.8 Å². The molecule has 2 aromatic rings. The third-order valence-corrected chi connectivity index (χ3v) is 4.40. The lowest BCUT2D eigenvalue weighted by Crippen LogP contribution is -2.11. The number of aryl methyl sites for hydroxylation is 2. The van der Waals surface area contributed by atoms with Crippen molar-refractivity contribution in [2.75, 3.05) is 13.2 Å². The molecule has 150 valence electrons. The van der Waals surface area contributed by atoms with E-state index in [1.807, 2.05) is 32.0 Å². The van der Waals surface area contributed by atoms with Crippen molar-refractivity contribution in [3.05, 3.63) is 57.1 Å². The van der Waals surface area contributed by atoms with E-state index in [9.17, 15) is 9.59 Å². The predicted molar refractivity (Wildman–Crippen MR) is 109 cm³/mol. The summed E-state index contributed by atoms with van der Waals surface area (Å²) in [6.45, 7) is 6.29. The first kappa shape index (κ1) is 22.1. The van der Waals surface area contributed by atoms with Gasteiger partial charge in [0.2, 0.25) is 0 Å². The van der Waals surface area contributed by atoms with Crippen LogP contribution in [-0.2, 0) is 9.53 Å². The lowest BCUT2D eigenvalue weighted by Gasteiger charge is -2.11. The largest absolute Gasteiger partial charge is 0.493 e. The van der Waals surface area contributed by atoms with E-state index in [1.54, 1.807) is 6.92 Å². The zero-order chi connectivity index (χ0) is 20.7. The second-order valence-electron chi connectivity index (χ2n) is 6.18. The van der Waals surface area contributed by atoms with Crippen LogP contribution in [0.5, 0.6) is 11.5 Å². The third-order valence-electron chi connectivity index (χ3n) is 3.84. The van der Waals surface area contributed by atoms with Crippen molar-refractivity contribution in [3.63, 3.8) is 0 Å². The van der Waals surface area contributed by atoms with Gasteiger partial charge in [0.25, 0.3) is 0 Å². The van der Waals surface area contributed by atoms with Crippen LogP contribution in [0.25, 0.3) is 0 Å². The number of esters is 2. The molecule has 0 atom stereocenters. The zero-order valence-electron chi connectivity index (χ0n) is 16.0. The van der Waals surface area contributed by atoms with Crippen LogP contribution in [-0.4, -0.2) is 25.2 Å². The lowest BCUT2D eigenvalue weighted by molar-refractivity contribution is -0.134. The Morgan fingerprint density at radius 1 is 1.04 bits per heavy atom. The van der Waals surface area contributed by atoms with Crippen molar-refractivity contribution in [2.45, 2.75) is 33.6 Å². The molecule has 0 aromatic heterocycles. The van der Waals surface area contributed by atoms with E-state index in [2.05, 4.69) is 0 Å². The van der Waals surface area contributed by atoms with Crippen LogP contribution in [0.2, 0.25) is 10.0 Å². The smallest absolute Gasteiger partial charge is 0.338 e. The minimum absolute atomic E-state index is 0.0247. The Balaban J connectivity index is 1.88. The molecule has 0 fully saturated rings. The fourth-order valence-corrected chi connectivity index (χ4v) is 3.08. The highest BCUT2D eigenvalue weighted by atomic mass is 35.5. The second-order valence-corrected chi connectivity index (χ2v) is 7.00. The minimum atomic E-state index is -0.548. The molecule has 0 aliphatic rings. The molecule has 0 saturated heterocycles. The third kappa shape index (κ3) is 6.14. The Morgan fingerprint density at radius 3 is 2.32 bits per heavy atom. The van der Waals surface area contributed by atoms with E-state index in [0.29, 0.717) is 13.0 Å². The zero-order valence-corrected chi connectivity index (χ0v) is 17.5. The van der Waals surface area contributed by atoms with E-state index in [-0.39, 0.29) is 34.4 Å². The summed E-state index contributed by atoms with van der Waals surface area (Å²) < 4.78 is 15.8. The van der Waals surface area contributed by atoms with Crippen LogP contribution in [0.4, 0.5) is 0 Å². The molecule has 0 heterocycles. The molecule has 0 unspecified atom stereocenters. The molecule has 0 aliphatic heterocycles. The van der Waals surface area contributed by atoms with Crippen LogP contribution < -0.4 is 9.47 Å². The predicted octanol–water partition coefficient (Wildman–Crippen LogP) is 5.55. The fourth-order valence-electron chi connectivity index (χ4n) is 2.51. The minimum Gasteiger partial charge on any atom is -0.493 e. The van der Waals surface area contributed by atoms with E-state index in [0.717, 1.165) is 16.9 Å². The molecule has 28 heavy (non-hydrogen) atoms. The van der Waals surface area contributed by atoms with Crippen LogP contribution >= 0.6 is 23.2 Å². The monoisotopic (exact) mass is 424 g/mol. The number of ether oxygens (including phenoxy) is 3. The molecule has 2 aromatic carbocycles. The average Bonchev–Trinajstić information content (AvgIpc) is 2.63. The van der Waals surface area contributed by atoms with Gasteiger partial charge in [0.1, 0.15) is 5.75 Å². The van der Waals surface area contributed by atoms with Gasteiger partial charge in [0.05, 0.1) is 28.8 Å². The van der Waals surface area contributed by atoms with Gasteiger partial charge in [-0.05, 0) is 51.0 Å². The van der Waals surface area contributed by atoms with Crippen molar-refractivity contribution in [1.29, 1.82) is 0 Å². The Bertz CT molecular complexity index is 841. The first-order valence-electron chi connectivity index (χ1n) is 8.88. The summed E-state index contributed by atoms with van der Waals surface area (Å²) in [7, 11) is 0. The van der Waals surface area contributed by atoms with Gasteiger partial charge in [-0.1, -0.05) is 40.9 Å². The SMILES string of the molecule is CCOC(=O)c1cc(Cl)c(OC(=O)CCCOc2ccc(C)cc2C)c(Cl)c1. The van der Waals surface area contributed by atoms with Crippen LogP contribution in [0.3, 0.4) is 0 Å². The number of benzene rings is 2. The second kappa shape index (κ2) is 10.3. The molecule has 0 N–H and O–H groups in total. The molecule has 0 bridgehead atoms. The molecule has 0 amide bonds. The molecule has 5 nitrogen and oxygen atoms in total. The molecule has 7 heteroatoms. The number of hydrogen-bond acceptors (Lipinski definition) is 5. The average molecular weight is 425 g/mol. The lowest BCUT2D eigenvalue weighted by atomic mass is 10.1. The summed E-state index contributed by atoms with van der Waals surface area (Å²) >= 11 is 12.2. The normalized spacial score (nSPS) is 10.5. The fraction of sp³-hybridized carbons (Fsp3) is 0.333. The van der Waals surface area contributed by atoms with Gasteiger partial charge in [0, 0.05) is 6.42 Å². The first-order valence-corrected chi connectivity index (χ1v) is 9.64. The number of hydrogen-bond donors (Lipinski definition) is 0. The van der Waals surface area contributed by atoms with E-state index in [4.69, 9.17) is 37.4 Å². The van der Waals surface area contributed by atoms with Gasteiger partial charge in [-0.3, -0.25) is 4.79 Å². The Labute approximate surface area is 174 Å². The summed E-state index contributed by atoms with van der Waals surface area (Å²) in [5, 5.41) is 0.130. The van der Waals surface area contributed by atoms with Gasteiger partial charge in [-0.2, -0.15) is 0 Å². The van der Waals surface area contributed by atoms with Gasteiger partial charge in [-0.25, -0.2) is 4.79 Å². The summed E-state index contributed by atoms with van der Waals surface area (Å²) in [6, 6.07) is 8.64. The van der Waals surface area contributed by atoms with Crippen molar-refractivity contribution >= 4 is 35.1 Å². The maximum atomic E-state index is 12.1. The highest BCUT2D eigenvalue weighted by Crippen LogP contribution is 2.34. The summed E-state index contributed by atoms with van der Waals surface area (Å²) in [4.78, 5) is 23.8. The quantitative estimate of drug-likeness (QED) is 0.315. The highest BCUT2D eigenvalue weighted by Gasteiger charge is 2.17. The molecule has 0 spiro atoms. The standard InChI is InChI=1S/C21H22Cl2O5/c1-4-26-21(25)15-11-16(22)20(17(23)12-15)28-19(24)6-5-9-27-18-8-7-13(2)10-14(18)3/h7-8,10-12H,4-6,9H2,1-3H3. The summed E-state index contributed by atoms with van der Waals surface area (Å²) in [5.41, 5.74) is 2.40. The van der Waals surface area contributed by atoms with E-state index < -0.39 is 11.9 Å². The van der Waals surface area contributed by atoms with Crippen molar-refractivity contribution < 1.29 is 23.8 Å². The van der Waals surface area contributed by atoms with Gasteiger partial charge in [0.15, 0.2) is 5.75 Å². The van der Waals surface area contributed by atoms with E-state index >= 15 is 0 Å². The number of carbonyl (C=O) groups excluding carboxylic acids is 2. The van der Waals surface area contributed by atoms with Crippen molar-refractivity contribution in [1.82, 2.24) is 0 Å². The van der Waals surface area contributed by atoms with Crippen LogP contribution in [0.15, 0.2) is 30.3 Å². The van der Waals surface area contributed by atoms with E-state index in [1.165, 1.54) is 12.1 Å². The Morgan fingerprint density at radius 2 is 1.71 bits per heavy atom. The van der Waals surface area contributed by atoms with Gasteiger partial charge >= 0.3 is 11.9 Å². The number of halogens is 2. The molecular formula is C21H22Cl2O5. The van der Waals surface area contributed by atoms with Crippen molar-refractivity contribution in [3.8, 4) is 11.5 Å². The molecule has 0 radical (unpaired) electrons. The van der Waals surface area contributed by atoms with Gasteiger partial charge in [-0.15, -0.1) is 0 Å². The highest BCUT2D eigenvalue weighted by molar-refractivity contribution is 6.37. The maximum Gasteiger partial charge on any atom is 0.338 e. The van der Waals surface area contributed by atoms with Crippen LogP contribution in [0.1, 0.15) is 41.3 Å². The first-order chi connectivity index (χ1) is 13.3. The molecular weight excluding hydrogens is 403 g/mol. The topological polar surface area (TPSA) is 61.8 Å². The molecule has 0 aliphatic carbocycles. The summed E-state index contributed by atoms with van der Waals surface area (Å²) in [5.74, 6) is -0.221. The Kier molecular flexibility index (Phi) is 8.15.